The number of urea groups is 1. The van der Waals surface area contributed by atoms with E-state index in [-0.39, 0.29) is 41.1 Å². The van der Waals surface area contributed by atoms with Crippen molar-refractivity contribution in [3.8, 4) is 11.5 Å². The van der Waals surface area contributed by atoms with Crippen LogP contribution in [0.5, 0.6) is 11.5 Å². The highest BCUT2D eigenvalue weighted by atomic mass is 32.2. The second-order valence-electron chi connectivity index (χ2n) is 9.79. The number of para-hydroxylation sites is 1. The zero-order valence-electron chi connectivity index (χ0n) is 20.5. The lowest BCUT2D eigenvalue weighted by atomic mass is 9.86. The molecule has 0 aromatic heterocycles. The quantitative estimate of drug-likeness (QED) is 0.548. The van der Waals surface area contributed by atoms with Gasteiger partial charge in [0.05, 0.1) is 34.7 Å². The fraction of sp³-hybridized carbons (Fsp3) is 0.407. The highest BCUT2D eigenvalue weighted by Gasteiger charge is 2.52. The summed E-state index contributed by atoms with van der Waals surface area (Å²) in [6.07, 6.45) is 2.48. The first-order valence-electron chi connectivity index (χ1n) is 12.7. The van der Waals surface area contributed by atoms with E-state index in [1.54, 1.807) is 23.1 Å². The Morgan fingerprint density at radius 2 is 2.08 bits per heavy atom. The van der Waals surface area contributed by atoms with Crippen molar-refractivity contribution in [2.45, 2.75) is 43.6 Å². The van der Waals surface area contributed by atoms with Crippen molar-refractivity contribution in [2.75, 3.05) is 24.7 Å². The van der Waals surface area contributed by atoms with Gasteiger partial charge < -0.3 is 25.4 Å². The molecular formula is C27H29FN4O4S. The van der Waals surface area contributed by atoms with Crippen LogP contribution in [0.15, 0.2) is 53.1 Å². The number of nitrogens with zero attached hydrogens (tertiary/aromatic N) is 1. The van der Waals surface area contributed by atoms with Crippen LogP contribution in [0.2, 0.25) is 0 Å². The number of halogens is 1. The number of hydrogen-bond donors (Lipinski definition) is 3. The molecule has 4 atom stereocenters. The second-order valence-corrected chi connectivity index (χ2v) is 10.9. The molecule has 6 rings (SSSR count). The summed E-state index contributed by atoms with van der Waals surface area (Å²) in [6, 6.07) is 11.4. The van der Waals surface area contributed by atoms with E-state index in [0.29, 0.717) is 41.6 Å². The molecule has 3 amide bonds. The summed E-state index contributed by atoms with van der Waals surface area (Å²) in [7, 11) is 0. The Bertz CT molecular complexity index is 1250. The van der Waals surface area contributed by atoms with Gasteiger partial charge in [-0.2, -0.15) is 0 Å². The van der Waals surface area contributed by atoms with Crippen LogP contribution in [0, 0.1) is 18.7 Å². The smallest absolute Gasteiger partial charge is 0.326 e. The van der Waals surface area contributed by atoms with Crippen molar-refractivity contribution in [1.82, 2.24) is 16.0 Å². The number of rotatable bonds is 5. The minimum absolute atomic E-state index is 0.0284. The van der Waals surface area contributed by atoms with E-state index in [1.165, 1.54) is 17.8 Å². The number of nitrogens with one attached hydrogen (secondary N) is 3. The monoisotopic (exact) mass is 524 g/mol. The standard InChI is InChI=1S/C27H29FN4O4S/c1-15-12-21(36-17-7-3-2-4-8-17)18(28)13-20(15)32-19-9-10-29-26-22(19)23(31-27(32)34)24(37-26)25(33)30-16-6-5-11-35-14-16/h2-4,7-8,12-13,16,19,22,26,29H,5-6,9-11,14H2,1H3,(H,30,33)(H,31,34)/t16-,19?,22?,26?/m1/s1. The lowest BCUT2D eigenvalue weighted by Crippen LogP contribution is -2.62. The minimum atomic E-state index is -0.542. The lowest BCUT2D eigenvalue weighted by Gasteiger charge is -2.46. The van der Waals surface area contributed by atoms with Crippen LogP contribution in [0.3, 0.4) is 0 Å². The van der Waals surface area contributed by atoms with Gasteiger partial charge in [-0.1, -0.05) is 30.0 Å². The van der Waals surface area contributed by atoms with Gasteiger partial charge in [0.2, 0.25) is 0 Å². The molecular weight excluding hydrogens is 495 g/mol. The van der Waals surface area contributed by atoms with Crippen LogP contribution < -0.4 is 25.6 Å². The van der Waals surface area contributed by atoms with Crippen molar-refractivity contribution < 1.29 is 23.5 Å². The summed E-state index contributed by atoms with van der Waals surface area (Å²) in [6.45, 7) is 3.76. The molecule has 4 heterocycles. The number of ether oxygens (including phenoxy) is 2. The molecule has 4 aliphatic heterocycles. The van der Waals surface area contributed by atoms with Crippen LogP contribution in [-0.2, 0) is 9.53 Å². The number of carbonyl (C=O) groups excluding carboxylic acids is 2. The summed E-state index contributed by atoms with van der Waals surface area (Å²) in [4.78, 5) is 28.9. The van der Waals surface area contributed by atoms with E-state index < -0.39 is 5.82 Å². The Morgan fingerprint density at radius 1 is 1.24 bits per heavy atom. The first kappa shape index (κ1) is 24.3. The van der Waals surface area contributed by atoms with Crippen molar-refractivity contribution in [3.63, 3.8) is 0 Å². The molecule has 3 saturated heterocycles. The summed E-state index contributed by atoms with van der Waals surface area (Å²) in [5, 5.41) is 9.50. The number of anilines is 1. The van der Waals surface area contributed by atoms with Gasteiger partial charge in [0.15, 0.2) is 11.6 Å². The number of carbonyl (C=O) groups is 2. The van der Waals surface area contributed by atoms with Gasteiger partial charge >= 0.3 is 6.03 Å². The minimum Gasteiger partial charge on any atom is -0.454 e. The number of hydrogen-bond acceptors (Lipinski definition) is 6. The van der Waals surface area contributed by atoms with E-state index in [9.17, 15) is 9.59 Å². The predicted octanol–water partition coefficient (Wildman–Crippen LogP) is 4.01. The van der Waals surface area contributed by atoms with E-state index in [0.717, 1.165) is 25.0 Å². The molecule has 2 aromatic carbocycles. The fourth-order valence-electron chi connectivity index (χ4n) is 5.61. The first-order valence-corrected chi connectivity index (χ1v) is 13.5. The number of amides is 3. The molecule has 3 N–H and O–H groups in total. The molecule has 194 valence electrons. The molecule has 4 aliphatic rings. The fourth-order valence-corrected chi connectivity index (χ4v) is 7.00. The van der Waals surface area contributed by atoms with Gasteiger partial charge in [-0.25, -0.2) is 9.18 Å². The van der Waals surface area contributed by atoms with Gasteiger partial charge in [0.1, 0.15) is 5.75 Å². The van der Waals surface area contributed by atoms with E-state index >= 15 is 4.39 Å². The summed E-state index contributed by atoms with van der Waals surface area (Å²) < 4.78 is 26.4. The van der Waals surface area contributed by atoms with E-state index in [4.69, 9.17) is 9.47 Å². The number of aryl methyl sites for hydroxylation is 1. The van der Waals surface area contributed by atoms with Crippen molar-refractivity contribution >= 4 is 29.4 Å². The van der Waals surface area contributed by atoms with Gasteiger partial charge in [-0.05, 0) is 56.5 Å². The van der Waals surface area contributed by atoms with Crippen LogP contribution in [0.25, 0.3) is 0 Å². The van der Waals surface area contributed by atoms with Crippen molar-refractivity contribution in [1.29, 1.82) is 0 Å². The molecule has 3 unspecified atom stereocenters. The predicted molar refractivity (Wildman–Crippen MR) is 139 cm³/mol. The van der Waals surface area contributed by atoms with Gasteiger partial charge in [-0.15, -0.1) is 0 Å². The molecule has 8 nitrogen and oxygen atoms in total. The highest BCUT2D eigenvalue weighted by Crippen LogP contribution is 2.48. The molecule has 0 spiro atoms. The van der Waals surface area contributed by atoms with E-state index in [1.807, 2.05) is 25.1 Å². The Morgan fingerprint density at radius 3 is 2.86 bits per heavy atom. The highest BCUT2D eigenvalue weighted by molar-refractivity contribution is 8.04. The molecule has 0 aliphatic carbocycles. The maximum atomic E-state index is 15.2. The number of benzene rings is 2. The average molecular weight is 525 g/mol. The van der Waals surface area contributed by atoms with Crippen LogP contribution in [0.4, 0.5) is 14.9 Å². The summed E-state index contributed by atoms with van der Waals surface area (Å²) in [5.41, 5.74) is 1.89. The van der Waals surface area contributed by atoms with Gasteiger partial charge in [0, 0.05) is 24.3 Å². The van der Waals surface area contributed by atoms with Crippen LogP contribution in [-0.4, -0.2) is 49.2 Å². The Kier molecular flexibility index (Phi) is 6.56. The largest absolute Gasteiger partial charge is 0.454 e. The summed E-state index contributed by atoms with van der Waals surface area (Å²) >= 11 is 1.46. The third-order valence-corrected chi connectivity index (χ3v) is 8.68. The summed E-state index contributed by atoms with van der Waals surface area (Å²) in [5.74, 6) is -0.185. The van der Waals surface area contributed by atoms with Crippen LogP contribution >= 0.6 is 11.8 Å². The molecule has 3 fully saturated rings. The number of piperidine rings is 1. The first-order chi connectivity index (χ1) is 18.0. The maximum absolute atomic E-state index is 15.2. The topological polar surface area (TPSA) is 91.9 Å². The maximum Gasteiger partial charge on any atom is 0.326 e. The zero-order chi connectivity index (χ0) is 25.5. The SMILES string of the molecule is Cc1cc(Oc2ccccc2)c(F)cc1N1C(=O)NC2=C(C(=O)N[C@@H]3CCCOC3)SC3NCCC1C23. The third-order valence-electron chi connectivity index (χ3n) is 7.32. The van der Waals surface area contributed by atoms with Gasteiger partial charge in [-0.3, -0.25) is 9.69 Å². The molecule has 2 aromatic rings. The zero-order valence-corrected chi connectivity index (χ0v) is 21.3. The Hall–Kier alpha value is -3.08. The van der Waals surface area contributed by atoms with Gasteiger partial charge in [0.25, 0.3) is 5.91 Å². The second kappa shape index (κ2) is 10.00. The Balaban J connectivity index is 1.28. The average Bonchev–Trinajstić information content (AvgIpc) is 3.27. The molecule has 0 radical (unpaired) electrons. The molecule has 37 heavy (non-hydrogen) atoms. The Labute approximate surface area is 218 Å². The number of thioether (sulfide) groups is 1. The molecule has 0 bridgehead atoms. The van der Waals surface area contributed by atoms with Crippen molar-refractivity contribution in [3.05, 3.63) is 64.4 Å². The van der Waals surface area contributed by atoms with E-state index in [2.05, 4.69) is 16.0 Å². The lowest BCUT2D eigenvalue weighted by molar-refractivity contribution is -0.118. The van der Waals surface area contributed by atoms with Crippen molar-refractivity contribution in [2.24, 2.45) is 5.92 Å². The van der Waals surface area contributed by atoms with Crippen LogP contribution in [0.1, 0.15) is 24.8 Å². The molecule has 0 saturated carbocycles. The normalized spacial score (nSPS) is 27.0. The third kappa shape index (κ3) is 4.58. The molecule has 10 heteroatoms.